The minimum Gasteiger partial charge on any atom is -0.325 e. The lowest BCUT2D eigenvalue weighted by Crippen LogP contribution is -2.43. The number of hydrogen-bond acceptors (Lipinski definition) is 5. The standard InChI is InChI=1S/C19H23BrN4O4S/c1-12-10-14(20)4-9-17(12)23-18(25)11-24(3)13(2)19(26)22-15-5-7-16(8-6-15)29(21,27)28/h4-10,13H,11H2,1-3H3,(H,22,26)(H,23,25)(H2,21,27,28)/t13-/m0/s1. The number of amides is 2. The molecule has 0 fully saturated rings. The number of benzene rings is 2. The number of carbonyl (C=O) groups excluding carboxylic acids is 2. The number of nitrogens with two attached hydrogens (primary N) is 1. The molecule has 0 saturated carbocycles. The van der Waals surface area contributed by atoms with Crippen LogP contribution in [0.4, 0.5) is 11.4 Å². The van der Waals surface area contributed by atoms with Crippen LogP contribution in [-0.4, -0.2) is 44.8 Å². The number of carbonyl (C=O) groups is 2. The molecule has 4 N–H and O–H groups in total. The lowest BCUT2D eigenvalue weighted by Gasteiger charge is -2.23. The van der Waals surface area contributed by atoms with Gasteiger partial charge in [0, 0.05) is 15.8 Å². The average Bonchev–Trinajstić information content (AvgIpc) is 2.63. The number of aryl methyl sites for hydroxylation is 1. The molecule has 0 radical (unpaired) electrons. The maximum Gasteiger partial charge on any atom is 0.241 e. The Balaban J connectivity index is 1.93. The lowest BCUT2D eigenvalue weighted by atomic mass is 10.2. The molecule has 2 amide bonds. The fourth-order valence-electron chi connectivity index (χ4n) is 2.50. The van der Waals surface area contributed by atoms with E-state index in [1.807, 2.05) is 19.1 Å². The van der Waals surface area contributed by atoms with Crippen LogP contribution in [0.15, 0.2) is 51.8 Å². The Morgan fingerprint density at radius 2 is 1.76 bits per heavy atom. The molecule has 2 rings (SSSR count). The van der Waals surface area contributed by atoms with Gasteiger partial charge in [-0.2, -0.15) is 0 Å². The molecule has 0 heterocycles. The van der Waals surface area contributed by atoms with Crippen molar-refractivity contribution in [1.29, 1.82) is 0 Å². The number of likely N-dealkylation sites (N-methyl/N-ethyl adjacent to an activating group) is 1. The Bertz CT molecular complexity index is 1010. The first-order valence-electron chi connectivity index (χ1n) is 8.67. The van der Waals surface area contributed by atoms with Gasteiger partial charge in [-0.3, -0.25) is 14.5 Å². The molecule has 0 unspecified atom stereocenters. The van der Waals surface area contributed by atoms with Gasteiger partial charge in [0.25, 0.3) is 0 Å². The summed E-state index contributed by atoms with van der Waals surface area (Å²) in [6, 6.07) is 10.5. The minimum absolute atomic E-state index is 0.0223. The third-order valence-electron chi connectivity index (χ3n) is 4.35. The monoisotopic (exact) mass is 482 g/mol. The number of halogens is 1. The van der Waals surface area contributed by atoms with E-state index in [1.54, 1.807) is 24.9 Å². The predicted molar refractivity (Wildman–Crippen MR) is 116 cm³/mol. The summed E-state index contributed by atoms with van der Waals surface area (Å²) in [6.07, 6.45) is 0. The zero-order chi connectivity index (χ0) is 21.8. The summed E-state index contributed by atoms with van der Waals surface area (Å²) in [7, 11) is -2.12. The number of primary sulfonamides is 1. The molecular formula is C19H23BrN4O4S. The van der Waals surface area contributed by atoms with E-state index in [0.717, 1.165) is 10.0 Å². The van der Waals surface area contributed by atoms with Gasteiger partial charge < -0.3 is 10.6 Å². The van der Waals surface area contributed by atoms with Gasteiger partial charge in [0.05, 0.1) is 17.5 Å². The summed E-state index contributed by atoms with van der Waals surface area (Å²) in [5, 5.41) is 10.6. The summed E-state index contributed by atoms with van der Waals surface area (Å²) in [5.41, 5.74) is 2.06. The van der Waals surface area contributed by atoms with Crippen LogP contribution in [0.3, 0.4) is 0 Å². The van der Waals surface area contributed by atoms with Crippen molar-refractivity contribution in [2.75, 3.05) is 24.2 Å². The summed E-state index contributed by atoms with van der Waals surface area (Å²) < 4.78 is 23.5. The Kier molecular flexibility index (Phi) is 7.53. The molecule has 0 saturated heterocycles. The summed E-state index contributed by atoms with van der Waals surface area (Å²) in [6.45, 7) is 3.59. The van der Waals surface area contributed by atoms with E-state index in [2.05, 4.69) is 26.6 Å². The van der Waals surface area contributed by atoms with Crippen LogP contribution in [0.1, 0.15) is 12.5 Å². The van der Waals surface area contributed by atoms with Gasteiger partial charge in [0.2, 0.25) is 21.8 Å². The molecule has 0 bridgehead atoms. The van der Waals surface area contributed by atoms with E-state index in [0.29, 0.717) is 11.4 Å². The van der Waals surface area contributed by atoms with E-state index in [9.17, 15) is 18.0 Å². The first kappa shape index (κ1) is 23.0. The fourth-order valence-corrected chi connectivity index (χ4v) is 3.49. The van der Waals surface area contributed by atoms with E-state index >= 15 is 0 Å². The van der Waals surface area contributed by atoms with Crippen LogP contribution in [0, 0.1) is 6.92 Å². The second-order valence-electron chi connectivity index (χ2n) is 6.66. The Labute approximate surface area is 178 Å². The molecule has 0 aliphatic carbocycles. The van der Waals surface area contributed by atoms with Crippen molar-refractivity contribution in [2.24, 2.45) is 5.14 Å². The lowest BCUT2D eigenvalue weighted by molar-refractivity contribution is -0.122. The van der Waals surface area contributed by atoms with Crippen molar-refractivity contribution in [3.8, 4) is 0 Å². The number of hydrogen-bond donors (Lipinski definition) is 3. The van der Waals surface area contributed by atoms with Crippen molar-refractivity contribution in [3.63, 3.8) is 0 Å². The topological polar surface area (TPSA) is 122 Å². The maximum absolute atomic E-state index is 12.4. The van der Waals surface area contributed by atoms with Gasteiger partial charge in [-0.05, 0) is 68.9 Å². The largest absolute Gasteiger partial charge is 0.325 e. The second-order valence-corrected chi connectivity index (χ2v) is 9.13. The van der Waals surface area contributed by atoms with Gasteiger partial charge >= 0.3 is 0 Å². The molecule has 29 heavy (non-hydrogen) atoms. The number of nitrogens with zero attached hydrogens (tertiary/aromatic N) is 1. The third-order valence-corrected chi connectivity index (χ3v) is 5.77. The van der Waals surface area contributed by atoms with Gasteiger partial charge in [-0.15, -0.1) is 0 Å². The van der Waals surface area contributed by atoms with Crippen molar-refractivity contribution in [1.82, 2.24) is 4.90 Å². The zero-order valence-corrected chi connectivity index (χ0v) is 18.7. The van der Waals surface area contributed by atoms with Crippen LogP contribution in [0.25, 0.3) is 0 Å². The number of nitrogens with one attached hydrogen (secondary N) is 2. The SMILES string of the molecule is Cc1cc(Br)ccc1NC(=O)CN(C)[C@@H](C)C(=O)Nc1ccc(S(N)(=O)=O)cc1. The van der Waals surface area contributed by atoms with E-state index in [-0.39, 0.29) is 23.3 Å². The molecule has 2 aromatic rings. The zero-order valence-electron chi connectivity index (χ0n) is 16.3. The average molecular weight is 483 g/mol. The summed E-state index contributed by atoms with van der Waals surface area (Å²) >= 11 is 3.38. The van der Waals surface area contributed by atoms with Crippen LogP contribution >= 0.6 is 15.9 Å². The number of sulfonamides is 1. The Morgan fingerprint density at radius 3 is 2.31 bits per heavy atom. The number of anilines is 2. The molecule has 1 atom stereocenters. The maximum atomic E-state index is 12.4. The van der Waals surface area contributed by atoms with Gasteiger partial charge in [0.1, 0.15) is 0 Å². The van der Waals surface area contributed by atoms with Crippen LogP contribution in [0.2, 0.25) is 0 Å². The van der Waals surface area contributed by atoms with Crippen molar-refractivity contribution >= 4 is 49.1 Å². The molecule has 0 aromatic heterocycles. The first-order valence-corrected chi connectivity index (χ1v) is 11.0. The highest BCUT2D eigenvalue weighted by molar-refractivity contribution is 9.10. The molecular weight excluding hydrogens is 460 g/mol. The summed E-state index contributed by atoms with van der Waals surface area (Å²) in [5.74, 6) is -0.571. The predicted octanol–water partition coefficient (Wildman–Crippen LogP) is 2.30. The molecule has 0 aliphatic rings. The van der Waals surface area contributed by atoms with Crippen LogP contribution in [-0.2, 0) is 19.6 Å². The van der Waals surface area contributed by atoms with E-state index in [1.165, 1.54) is 24.3 Å². The smallest absolute Gasteiger partial charge is 0.241 e. The highest BCUT2D eigenvalue weighted by Gasteiger charge is 2.21. The van der Waals surface area contributed by atoms with E-state index in [4.69, 9.17) is 5.14 Å². The number of rotatable bonds is 7. The van der Waals surface area contributed by atoms with Gasteiger partial charge in [-0.25, -0.2) is 13.6 Å². The first-order chi connectivity index (χ1) is 13.5. The van der Waals surface area contributed by atoms with Crippen molar-refractivity contribution in [2.45, 2.75) is 24.8 Å². The van der Waals surface area contributed by atoms with Crippen molar-refractivity contribution < 1.29 is 18.0 Å². The molecule has 0 spiro atoms. The second kappa shape index (κ2) is 9.49. The Morgan fingerprint density at radius 1 is 1.14 bits per heavy atom. The summed E-state index contributed by atoms with van der Waals surface area (Å²) in [4.78, 5) is 26.3. The van der Waals surface area contributed by atoms with Gasteiger partial charge in [0.15, 0.2) is 0 Å². The molecule has 2 aromatic carbocycles. The third kappa shape index (κ3) is 6.64. The molecule has 10 heteroatoms. The normalized spacial score (nSPS) is 12.5. The quantitative estimate of drug-likeness (QED) is 0.558. The van der Waals surface area contributed by atoms with Crippen LogP contribution in [0.5, 0.6) is 0 Å². The molecule has 156 valence electrons. The molecule has 8 nitrogen and oxygen atoms in total. The van der Waals surface area contributed by atoms with Crippen molar-refractivity contribution in [3.05, 3.63) is 52.5 Å². The van der Waals surface area contributed by atoms with Gasteiger partial charge in [-0.1, -0.05) is 15.9 Å². The highest BCUT2D eigenvalue weighted by atomic mass is 79.9. The minimum atomic E-state index is -3.79. The highest BCUT2D eigenvalue weighted by Crippen LogP contribution is 2.20. The van der Waals surface area contributed by atoms with Crippen LogP contribution < -0.4 is 15.8 Å². The Hall–Kier alpha value is -2.27. The van der Waals surface area contributed by atoms with E-state index < -0.39 is 16.1 Å². The molecule has 0 aliphatic heterocycles. The fraction of sp³-hybridized carbons (Fsp3) is 0.263.